The van der Waals surface area contributed by atoms with Crippen LogP contribution in [0.3, 0.4) is 0 Å². The Bertz CT molecular complexity index is 738. The van der Waals surface area contributed by atoms with Crippen LogP contribution < -0.4 is 5.32 Å². The van der Waals surface area contributed by atoms with E-state index in [4.69, 9.17) is 0 Å². The van der Waals surface area contributed by atoms with Crippen molar-refractivity contribution in [2.24, 2.45) is 7.05 Å². The molecule has 1 aromatic heterocycles. The molecule has 0 radical (unpaired) electrons. The second-order valence-electron chi connectivity index (χ2n) is 4.98. The van der Waals surface area contributed by atoms with Crippen LogP contribution in [0.15, 0.2) is 53.9 Å². The normalized spacial score (nSPS) is 12.7. The van der Waals surface area contributed by atoms with Crippen molar-refractivity contribution >= 4 is 22.5 Å². The molecule has 1 atom stereocenters. The number of aromatic nitrogens is 3. The Morgan fingerprint density at radius 1 is 1.19 bits per heavy atom. The summed E-state index contributed by atoms with van der Waals surface area (Å²) in [5.74, 6) is 0.918. The number of nitrogens with zero attached hydrogens (tertiary/aromatic N) is 3. The summed E-state index contributed by atoms with van der Waals surface area (Å²) in [6.45, 7) is 0. The van der Waals surface area contributed by atoms with Gasteiger partial charge in [-0.15, -0.1) is 10.2 Å². The molecule has 0 aliphatic heterocycles. The van der Waals surface area contributed by atoms with Gasteiger partial charge in [0.2, 0.25) is 0 Å². The van der Waals surface area contributed by atoms with Gasteiger partial charge in [-0.1, -0.05) is 48.2 Å². The summed E-state index contributed by atoms with van der Waals surface area (Å²) in [4.78, 5) is 0. The predicted molar refractivity (Wildman–Crippen MR) is 87.5 cm³/mol. The highest BCUT2D eigenvalue weighted by molar-refractivity contribution is 7.99. The van der Waals surface area contributed by atoms with Crippen LogP contribution in [-0.2, 0) is 7.05 Å². The van der Waals surface area contributed by atoms with Gasteiger partial charge in [0.15, 0.2) is 5.16 Å². The quantitative estimate of drug-likeness (QED) is 0.735. The van der Waals surface area contributed by atoms with Crippen molar-refractivity contribution in [3.05, 3.63) is 54.4 Å². The molecule has 1 N–H and O–H groups in total. The van der Waals surface area contributed by atoms with Crippen LogP contribution in [0.2, 0.25) is 0 Å². The smallest absolute Gasteiger partial charge is 0.190 e. The topological polar surface area (TPSA) is 42.7 Å². The first-order valence-electron chi connectivity index (χ1n) is 6.90. The van der Waals surface area contributed by atoms with Crippen LogP contribution in [0.4, 0.5) is 0 Å². The van der Waals surface area contributed by atoms with E-state index in [-0.39, 0.29) is 6.04 Å². The van der Waals surface area contributed by atoms with Crippen LogP contribution >= 0.6 is 11.8 Å². The fourth-order valence-corrected chi connectivity index (χ4v) is 3.36. The largest absolute Gasteiger partial charge is 0.312 e. The highest BCUT2D eigenvalue weighted by atomic mass is 32.2. The number of fused-ring (bicyclic) bond motifs is 1. The third-order valence-corrected chi connectivity index (χ3v) is 4.70. The molecule has 1 heterocycles. The third kappa shape index (κ3) is 3.09. The zero-order chi connectivity index (χ0) is 14.7. The number of nitrogens with one attached hydrogen (secondary N) is 1. The van der Waals surface area contributed by atoms with Crippen molar-refractivity contribution in [1.82, 2.24) is 20.1 Å². The molecule has 4 nitrogen and oxygen atoms in total. The lowest BCUT2D eigenvalue weighted by Crippen LogP contribution is -2.18. The molecule has 0 saturated carbocycles. The first-order chi connectivity index (χ1) is 10.3. The van der Waals surface area contributed by atoms with Gasteiger partial charge in [0, 0.05) is 18.8 Å². The number of hydrogen-bond acceptors (Lipinski definition) is 4. The van der Waals surface area contributed by atoms with Crippen LogP contribution in [0.25, 0.3) is 10.8 Å². The summed E-state index contributed by atoms with van der Waals surface area (Å²) >= 11 is 1.71. The molecule has 2 aromatic carbocycles. The predicted octanol–water partition coefficient (Wildman–Crippen LogP) is 3.02. The molecule has 108 valence electrons. The third-order valence-electron chi connectivity index (χ3n) is 3.57. The lowest BCUT2D eigenvalue weighted by Gasteiger charge is -2.16. The molecule has 3 aromatic rings. The maximum atomic E-state index is 4.11. The molecular weight excluding hydrogens is 280 g/mol. The summed E-state index contributed by atoms with van der Waals surface area (Å²) in [6.07, 6.45) is 1.73. The Kier molecular flexibility index (Phi) is 4.22. The highest BCUT2D eigenvalue weighted by Gasteiger charge is 2.12. The van der Waals surface area contributed by atoms with Gasteiger partial charge < -0.3 is 9.88 Å². The molecule has 0 saturated heterocycles. The molecule has 1 unspecified atom stereocenters. The first kappa shape index (κ1) is 14.1. The lowest BCUT2D eigenvalue weighted by atomic mass is 10.0. The Hall–Kier alpha value is -1.85. The number of hydrogen-bond donors (Lipinski definition) is 1. The Labute approximate surface area is 128 Å². The summed E-state index contributed by atoms with van der Waals surface area (Å²) in [7, 11) is 3.96. The second-order valence-corrected chi connectivity index (χ2v) is 5.97. The molecule has 0 aliphatic rings. The van der Waals surface area contributed by atoms with E-state index in [1.165, 1.54) is 16.3 Å². The fourth-order valence-electron chi connectivity index (χ4n) is 2.33. The number of thioether (sulfide) groups is 1. The monoisotopic (exact) mass is 298 g/mol. The molecule has 0 fully saturated rings. The fraction of sp³-hybridized carbons (Fsp3) is 0.250. The minimum Gasteiger partial charge on any atom is -0.312 e. The van der Waals surface area contributed by atoms with Crippen LogP contribution in [0, 0.1) is 0 Å². The zero-order valence-electron chi connectivity index (χ0n) is 12.2. The average Bonchev–Trinajstić information content (AvgIpc) is 2.93. The Morgan fingerprint density at radius 2 is 2.00 bits per heavy atom. The van der Waals surface area contributed by atoms with Gasteiger partial charge in [0.25, 0.3) is 0 Å². The second kappa shape index (κ2) is 6.28. The van der Waals surface area contributed by atoms with Crippen molar-refractivity contribution in [1.29, 1.82) is 0 Å². The zero-order valence-corrected chi connectivity index (χ0v) is 13.0. The van der Waals surface area contributed by atoms with Crippen LogP contribution in [-0.4, -0.2) is 27.6 Å². The SMILES string of the molecule is CNC(CSc1nncn1C)c1ccc2ccccc2c1. The van der Waals surface area contributed by atoms with E-state index in [0.717, 1.165) is 10.9 Å². The van der Waals surface area contributed by atoms with Gasteiger partial charge in [-0.25, -0.2) is 0 Å². The summed E-state index contributed by atoms with van der Waals surface area (Å²) in [5, 5.41) is 14.9. The molecule has 21 heavy (non-hydrogen) atoms. The maximum Gasteiger partial charge on any atom is 0.190 e. The van der Waals surface area contributed by atoms with E-state index in [2.05, 4.69) is 58.0 Å². The van der Waals surface area contributed by atoms with Crippen molar-refractivity contribution in [3.63, 3.8) is 0 Å². The molecule has 0 spiro atoms. The number of benzene rings is 2. The molecule has 3 rings (SSSR count). The molecule has 0 bridgehead atoms. The van der Waals surface area contributed by atoms with Crippen molar-refractivity contribution in [3.8, 4) is 0 Å². The Morgan fingerprint density at radius 3 is 2.71 bits per heavy atom. The average molecular weight is 298 g/mol. The minimum atomic E-state index is 0.288. The molecule has 0 aliphatic carbocycles. The van der Waals surface area contributed by atoms with Gasteiger partial charge in [-0.05, 0) is 29.4 Å². The van der Waals surface area contributed by atoms with Gasteiger partial charge in [0.05, 0.1) is 0 Å². The van der Waals surface area contributed by atoms with E-state index >= 15 is 0 Å². The first-order valence-corrected chi connectivity index (χ1v) is 7.89. The van der Waals surface area contributed by atoms with Gasteiger partial charge in [-0.2, -0.15) is 0 Å². The van der Waals surface area contributed by atoms with E-state index < -0.39 is 0 Å². The Balaban J connectivity index is 1.79. The summed E-state index contributed by atoms with van der Waals surface area (Å²) < 4.78 is 1.94. The molecular formula is C16H18N4S. The van der Waals surface area contributed by atoms with Crippen LogP contribution in [0.5, 0.6) is 0 Å². The maximum absolute atomic E-state index is 4.11. The van der Waals surface area contributed by atoms with Crippen molar-refractivity contribution in [2.45, 2.75) is 11.2 Å². The number of aryl methyl sites for hydroxylation is 1. The van der Waals surface area contributed by atoms with E-state index in [1.54, 1.807) is 18.1 Å². The summed E-state index contributed by atoms with van der Waals surface area (Å²) in [5.41, 5.74) is 1.30. The van der Waals surface area contributed by atoms with Crippen LogP contribution in [0.1, 0.15) is 11.6 Å². The van der Waals surface area contributed by atoms with E-state index in [9.17, 15) is 0 Å². The van der Waals surface area contributed by atoms with Crippen molar-refractivity contribution < 1.29 is 0 Å². The van der Waals surface area contributed by atoms with E-state index in [0.29, 0.717) is 0 Å². The lowest BCUT2D eigenvalue weighted by molar-refractivity contribution is 0.660. The van der Waals surface area contributed by atoms with Gasteiger partial charge in [-0.3, -0.25) is 0 Å². The number of rotatable bonds is 5. The van der Waals surface area contributed by atoms with E-state index in [1.807, 2.05) is 18.7 Å². The van der Waals surface area contributed by atoms with Gasteiger partial charge in [0.1, 0.15) is 6.33 Å². The highest BCUT2D eigenvalue weighted by Crippen LogP contribution is 2.25. The molecule has 5 heteroatoms. The van der Waals surface area contributed by atoms with Crippen molar-refractivity contribution in [2.75, 3.05) is 12.8 Å². The molecule has 0 amide bonds. The van der Waals surface area contributed by atoms with Gasteiger partial charge >= 0.3 is 0 Å². The minimum absolute atomic E-state index is 0.288. The summed E-state index contributed by atoms with van der Waals surface area (Å²) in [6, 6.07) is 15.4. The standard InChI is InChI=1S/C16H18N4S/c1-17-15(10-21-16-19-18-11-20(16)2)14-8-7-12-5-3-4-6-13(12)9-14/h3-9,11,15,17H,10H2,1-2H3.